The Morgan fingerprint density at radius 3 is 2.31 bits per heavy atom. The summed E-state index contributed by atoms with van der Waals surface area (Å²) in [6.07, 6.45) is 0.173. The van der Waals surface area contributed by atoms with E-state index in [4.69, 9.17) is 9.84 Å². The number of aliphatic hydroxyl groups excluding tert-OH is 2. The van der Waals surface area contributed by atoms with Crippen LogP contribution in [0.4, 0.5) is 0 Å². The highest BCUT2D eigenvalue weighted by atomic mass is 16.5. The molecule has 0 radical (unpaired) electrons. The highest BCUT2D eigenvalue weighted by molar-refractivity contribution is 5.67. The molecule has 0 saturated carbocycles. The summed E-state index contributed by atoms with van der Waals surface area (Å²) in [7, 11) is 0. The summed E-state index contributed by atoms with van der Waals surface area (Å²) < 4.78 is 5.57. The van der Waals surface area contributed by atoms with E-state index in [1.165, 1.54) is 0 Å². The fourth-order valence-electron chi connectivity index (χ4n) is 2.85. The molecular formula is C21H26O5. The summed E-state index contributed by atoms with van der Waals surface area (Å²) >= 11 is 0. The Kier molecular flexibility index (Phi) is 8.28. The molecule has 0 aliphatic heterocycles. The van der Waals surface area contributed by atoms with E-state index in [-0.39, 0.29) is 25.6 Å². The molecule has 0 spiro atoms. The topological polar surface area (TPSA) is 87.0 Å². The summed E-state index contributed by atoms with van der Waals surface area (Å²) in [5.74, 6) is -1.20. The monoisotopic (exact) mass is 358 g/mol. The fraction of sp³-hybridized carbons (Fsp3) is 0.381. The van der Waals surface area contributed by atoms with Crippen molar-refractivity contribution < 1.29 is 24.9 Å². The summed E-state index contributed by atoms with van der Waals surface area (Å²) in [6.45, 7) is 0.381. The van der Waals surface area contributed by atoms with Gasteiger partial charge in [0.15, 0.2) is 0 Å². The maximum Gasteiger partial charge on any atom is 0.303 e. The first-order valence-corrected chi connectivity index (χ1v) is 8.79. The minimum Gasteiger partial charge on any atom is -0.481 e. The van der Waals surface area contributed by atoms with Crippen molar-refractivity contribution in [1.82, 2.24) is 0 Å². The average molecular weight is 358 g/mol. The molecule has 2 unspecified atom stereocenters. The fourth-order valence-corrected chi connectivity index (χ4v) is 2.85. The van der Waals surface area contributed by atoms with Gasteiger partial charge in [0.05, 0.1) is 19.3 Å². The van der Waals surface area contributed by atoms with Crippen molar-refractivity contribution in [3.05, 3.63) is 71.3 Å². The Morgan fingerprint density at radius 1 is 1.00 bits per heavy atom. The van der Waals surface area contributed by atoms with Gasteiger partial charge in [-0.3, -0.25) is 4.79 Å². The number of aryl methyl sites for hydroxylation is 1. The quantitative estimate of drug-likeness (QED) is 0.574. The Balaban J connectivity index is 1.90. The number of hydrogen-bond acceptors (Lipinski definition) is 4. The number of aliphatic carboxylic acids is 1. The van der Waals surface area contributed by atoms with Crippen LogP contribution in [0.2, 0.25) is 0 Å². The zero-order valence-electron chi connectivity index (χ0n) is 14.8. The minimum atomic E-state index is -0.840. The molecule has 0 fully saturated rings. The number of carbonyl (C=O) groups is 1. The predicted octanol–water partition coefficient (Wildman–Crippen LogP) is 2.43. The summed E-state index contributed by atoms with van der Waals surface area (Å²) in [6, 6.07) is 17.3. The van der Waals surface area contributed by atoms with Gasteiger partial charge in [0.2, 0.25) is 0 Å². The molecule has 2 rings (SSSR count). The number of carboxylic acid groups (broad SMARTS) is 1. The molecule has 0 bridgehead atoms. The molecule has 0 aromatic heterocycles. The van der Waals surface area contributed by atoms with E-state index in [1.54, 1.807) is 0 Å². The molecule has 0 aliphatic rings. The van der Waals surface area contributed by atoms with Crippen molar-refractivity contribution in [2.24, 2.45) is 5.92 Å². The molecule has 0 amide bonds. The third-order valence-electron chi connectivity index (χ3n) is 4.39. The van der Waals surface area contributed by atoms with E-state index < -0.39 is 12.1 Å². The number of benzene rings is 2. The highest BCUT2D eigenvalue weighted by Gasteiger charge is 2.20. The molecule has 0 saturated heterocycles. The van der Waals surface area contributed by atoms with Gasteiger partial charge in [-0.25, -0.2) is 0 Å². The number of rotatable bonds is 11. The van der Waals surface area contributed by atoms with Crippen molar-refractivity contribution in [3.63, 3.8) is 0 Å². The van der Waals surface area contributed by atoms with Crippen LogP contribution in [-0.2, 0) is 29.0 Å². The minimum absolute atomic E-state index is 0.0591. The van der Waals surface area contributed by atoms with Gasteiger partial charge in [-0.2, -0.15) is 0 Å². The van der Waals surface area contributed by atoms with E-state index in [0.29, 0.717) is 19.4 Å². The van der Waals surface area contributed by atoms with Gasteiger partial charge in [-0.05, 0) is 29.5 Å². The van der Waals surface area contributed by atoms with Crippen molar-refractivity contribution in [2.75, 3.05) is 13.2 Å². The van der Waals surface area contributed by atoms with Gasteiger partial charge < -0.3 is 20.1 Å². The first-order chi connectivity index (χ1) is 12.6. The Morgan fingerprint density at radius 2 is 1.65 bits per heavy atom. The van der Waals surface area contributed by atoms with Gasteiger partial charge in [0.1, 0.15) is 0 Å². The van der Waals surface area contributed by atoms with Crippen LogP contribution in [0.25, 0.3) is 0 Å². The Hall–Kier alpha value is -2.21. The second kappa shape index (κ2) is 10.7. The van der Waals surface area contributed by atoms with E-state index in [9.17, 15) is 15.0 Å². The lowest BCUT2D eigenvalue weighted by Gasteiger charge is -2.22. The predicted molar refractivity (Wildman–Crippen MR) is 98.8 cm³/mol. The molecular weight excluding hydrogens is 332 g/mol. The van der Waals surface area contributed by atoms with E-state index in [0.717, 1.165) is 16.7 Å². The summed E-state index contributed by atoms with van der Waals surface area (Å²) in [5.41, 5.74) is 2.92. The van der Waals surface area contributed by atoms with Crippen LogP contribution in [-0.4, -0.2) is 40.6 Å². The molecule has 2 aromatic rings. The van der Waals surface area contributed by atoms with Crippen LogP contribution in [0.5, 0.6) is 0 Å². The highest BCUT2D eigenvalue weighted by Crippen LogP contribution is 2.18. The maximum atomic E-state index is 10.8. The van der Waals surface area contributed by atoms with E-state index in [1.807, 2.05) is 54.6 Å². The number of aliphatic hydroxyl groups is 2. The first-order valence-electron chi connectivity index (χ1n) is 8.79. The molecule has 5 nitrogen and oxygen atoms in total. The average Bonchev–Trinajstić information content (AvgIpc) is 2.65. The maximum absolute atomic E-state index is 10.8. The standard InChI is InChI=1S/C21H26O5/c22-13-19(20(23)15-26-14-16-6-2-1-3-7-16)12-18-9-5-4-8-17(18)10-11-21(24)25/h1-9,19-20,22-23H,10-15H2,(H,24,25). The number of ether oxygens (including phenoxy) is 1. The largest absolute Gasteiger partial charge is 0.481 e. The Bertz CT molecular complexity index is 671. The van der Waals surface area contributed by atoms with Crippen LogP contribution < -0.4 is 0 Å². The molecule has 3 N–H and O–H groups in total. The van der Waals surface area contributed by atoms with E-state index in [2.05, 4.69) is 0 Å². The van der Waals surface area contributed by atoms with E-state index >= 15 is 0 Å². The van der Waals surface area contributed by atoms with Crippen LogP contribution in [0, 0.1) is 5.92 Å². The lowest BCUT2D eigenvalue weighted by atomic mass is 9.91. The molecule has 26 heavy (non-hydrogen) atoms. The van der Waals surface area contributed by atoms with Crippen molar-refractivity contribution in [3.8, 4) is 0 Å². The molecule has 140 valence electrons. The third kappa shape index (κ3) is 6.59. The van der Waals surface area contributed by atoms with Crippen LogP contribution in [0.15, 0.2) is 54.6 Å². The molecule has 0 aliphatic carbocycles. The van der Waals surface area contributed by atoms with Crippen LogP contribution in [0.1, 0.15) is 23.1 Å². The summed E-state index contributed by atoms with van der Waals surface area (Å²) in [5, 5.41) is 28.9. The van der Waals surface area contributed by atoms with Crippen molar-refractivity contribution in [1.29, 1.82) is 0 Å². The normalized spacial score (nSPS) is 13.3. The van der Waals surface area contributed by atoms with Gasteiger partial charge in [-0.1, -0.05) is 54.6 Å². The molecule has 0 heterocycles. The van der Waals surface area contributed by atoms with Crippen LogP contribution in [0.3, 0.4) is 0 Å². The Labute approximate surface area is 153 Å². The lowest BCUT2D eigenvalue weighted by molar-refractivity contribution is -0.136. The smallest absolute Gasteiger partial charge is 0.303 e. The number of carboxylic acids is 1. The molecule has 2 aromatic carbocycles. The second-order valence-electron chi connectivity index (χ2n) is 6.38. The molecule has 5 heteroatoms. The first kappa shape index (κ1) is 20.1. The third-order valence-corrected chi connectivity index (χ3v) is 4.39. The molecule has 2 atom stereocenters. The van der Waals surface area contributed by atoms with Gasteiger partial charge >= 0.3 is 5.97 Å². The SMILES string of the molecule is O=C(O)CCc1ccccc1CC(CO)C(O)COCc1ccccc1. The second-order valence-corrected chi connectivity index (χ2v) is 6.38. The van der Waals surface area contributed by atoms with Crippen molar-refractivity contribution >= 4 is 5.97 Å². The van der Waals surface area contributed by atoms with Crippen LogP contribution >= 0.6 is 0 Å². The van der Waals surface area contributed by atoms with Crippen molar-refractivity contribution in [2.45, 2.75) is 32.0 Å². The summed E-state index contributed by atoms with van der Waals surface area (Å²) in [4.78, 5) is 10.8. The lowest BCUT2D eigenvalue weighted by Crippen LogP contribution is -2.30. The zero-order valence-corrected chi connectivity index (χ0v) is 14.8. The zero-order chi connectivity index (χ0) is 18.8. The van der Waals surface area contributed by atoms with Gasteiger partial charge in [0.25, 0.3) is 0 Å². The van der Waals surface area contributed by atoms with Gasteiger partial charge in [0, 0.05) is 18.9 Å². The number of hydrogen-bond donors (Lipinski definition) is 3. The van der Waals surface area contributed by atoms with Gasteiger partial charge in [-0.15, -0.1) is 0 Å².